The highest BCUT2D eigenvalue weighted by atomic mass is 79.9. The average molecular weight is 185 g/mol. The zero-order valence-corrected chi connectivity index (χ0v) is 5.90. The first-order chi connectivity index (χ1) is 5.10. The minimum atomic E-state index is -2.56. The number of carbonyl (C=O) groups excluding carboxylic acids is 1. The summed E-state index contributed by atoms with van der Waals surface area (Å²) < 4.78 is 27.9. The lowest BCUT2D eigenvalue weighted by atomic mass is 10.2. The molecule has 0 aromatic rings. The molecule has 3 heteroatoms. The molecule has 0 aliphatic carbocycles. The molecular weight excluding hydrogens is 172 g/mol. The molecule has 0 aliphatic rings. The Hall–Kier alpha value is 0.110. The number of alkyl halides is 1. The quantitative estimate of drug-likeness (QED) is 0.657. The van der Waals surface area contributed by atoms with E-state index in [0.717, 1.165) is 6.92 Å². The average Bonchev–Trinajstić information content (AvgIpc) is 1.83. The third-order valence-corrected chi connectivity index (χ3v) is 0.877. The van der Waals surface area contributed by atoms with Crippen molar-refractivity contribution in [2.24, 2.45) is 0 Å². The van der Waals surface area contributed by atoms with Gasteiger partial charge in [-0.05, 0) is 6.92 Å². The van der Waals surface area contributed by atoms with Crippen LogP contribution in [-0.2, 0) is 4.79 Å². The second kappa shape index (κ2) is 4.04. The Labute approximate surface area is 62.6 Å². The molecule has 0 fully saturated rings. The summed E-state index contributed by atoms with van der Waals surface area (Å²) in [5.74, 6) is -0.904. The molecular formula is C5H9BrO2. The second-order valence-corrected chi connectivity index (χ2v) is 1.67. The van der Waals surface area contributed by atoms with Crippen molar-refractivity contribution in [2.45, 2.75) is 19.4 Å². The Bertz CT molecular complexity index is 188. The van der Waals surface area contributed by atoms with Crippen LogP contribution in [0.3, 0.4) is 0 Å². The molecule has 0 heterocycles. The summed E-state index contributed by atoms with van der Waals surface area (Å²) in [6.07, 6.45) is -4.57. The molecule has 0 spiro atoms. The smallest absolute Gasteiger partial charge is 0.132 e. The molecule has 1 atom stereocenters. The van der Waals surface area contributed by atoms with Crippen molar-refractivity contribution in [3.8, 4) is 0 Å². The Kier molecular flexibility index (Phi) is 1.68. The highest BCUT2D eigenvalue weighted by Crippen LogP contribution is 1.95. The number of ketones is 1. The molecule has 0 rings (SSSR count). The van der Waals surface area contributed by atoms with Crippen LogP contribution in [-0.4, -0.2) is 22.3 Å². The number of hydrogen-bond acceptors (Lipinski definition) is 2. The largest absolute Gasteiger partial charge is 0.392 e. The third-order valence-electron chi connectivity index (χ3n) is 0.443. The van der Waals surface area contributed by atoms with Crippen LogP contribution in [0.25, 0.3) is 0 Å². The van der Waals surface area contributed by atoms with E-state index in [0.29, 0.717) is 0 Å². The van der Waals surface area contributed by atoms with Crippen LogP contribution in [0, 0.1) is 0 Å². The maximum atomic E-state index is 10.6. The van der Waals surface area contributed by atoms with Gasteiger partial charge in [-0.15, -0.1) is 0 Å². The summed E-state index contributed by atoms with van der Waals surface area (Å²) >= 11 is 2.44. The van der Waals surface area contributed by atoms with Gasteiger partial charge in [0.1, 0.15) is 5.78 Å². The minimum Gasteiger partial charge on any atom is -0.392 e. The van der Waals surface area contributed by atoms with Crippen LogP contribution in [0.15, 0.2) is 0 Å². The fourth-order valence-corrected chi connectivity index (χ4v) is 0.334. The van der Waals surface area contributed by atoms with Gasteiger partial charge >= 0.3 is 0 Å². The normalized spacial score (nSPS) is 24.4. The van der Waals surface area contributed by atoms with Gasteiger partial charge in [0.2, 0.25) is 0 Å². The molecule has 0 aromatic carbocycles. The van der Waals surface area contributed by atoms with E-state index in [9.17, 15) is 4.79 Å². The molecule has 0 saturated carbocycles. The van der Waals surface area contributed by atoms with Crippen molar-refractivity contribution < 1.29 is 15.4 Å². The molecule has 0 aromatic heterocycles. The number of aliphatic hydroxyl groups is 1. The van der Waals surface area contributed by atoms with Crippen LogP contribution < -0.4 is 0 Å². The molecule has 48 valence electrons. The molecule has 0 aliphatic heterocycles. The summed E-state index contributed by atoms with van der Waals surface area (Å²) in [7, 11) is 0. The van der Waals surface area contributed by atoms with Crippen molar-refractivity contribution >= 4 is 21.7 Å². The molecule has 8 heavy (non-hydrogen) atoms. The summed E-state index contributed by atoms with van der Waals surface area (Å²) in [6, 6.07) is 0. The lowest BCUT2D eigenvalue weighted by Crippen LogP contribution is -2.11. The molecule has 0 radical (unpaired) electrons. The van der Waals surface area contributed by atoms with E-state index in [1.54, 1.807) is 0 Å². The van der Waals surface area contributed by atoms with Crippen molar-refractivity contribution in [3.05, 3.63) is 0 Å². The third kappa shape index (κ3) is 4.27. The van der Waals surface area contributed by atoms with Gasteiger partial charge in [-0.2, -0.15) is 0 Å². The lowest BCUT2D eigenvalue weighted by Gasteiger charge is -2.00. The number of hydrogen-bond donors (Lipinski definition) is 1. The van der Waals surface area contributed by atoms with E-state index >= 15 is 0 Å². The Balaban J connectivity index is 4.69. The lowest BCUT2D eigenvalue weighted by molar-refractivity contribution is -0.118. The Morgan fingerprint density at radius 3 is 2.75 bits per heavy atom. The van der Waals surface area contributed by atoms with Gasteiger partial charge < -0.3 is 5.11 Å². The summed E-state index contributed by atoms with van der Waals surface area (Å²) in [4.78, 5) is 10.6. The first-order valence-corrected chi connectivity index (χ1v) is 2.77. The van der Waals surface area contributed by atoms with E-state index in [1.807, 2.05) is 0 Å². The van der Waals surface area contributed by atoms with Gasteiger partial charge in [0.25, 0.3) is 0 Å². The Morgan fingerprint density at radius 2 is 2.62 bits per heavy atom. The SMILES string of the molecule is [2H]C([2H])(Br)[C@@H](O)C([2H])([2H])C(C)=O. The molecule has 1 N–H and O–H groups in total. The van der Waals surface area contributed by atoms with E-state index in [-0.39, 0.29) is 0 Å². The van der Waals surface area contributed by atoms with E-state index in [4.69, 9.17) is 10.6 Å². The maximum absolute atomic E-state index is 10.6. The van der Waals surface area contributed by atoms with E-state index in [1.165, 1.54) is 0 Å². The van der Waals surface area contributed by atoms with Crippen molar-refractivity contribution in [2.75, 3.05) is 5.28 Å². The fourth-order valence-electron chi connectivity index (χ4n) is 0.220. The van der Waals surface area contributed by atoms with Crippen LogP contribution in [0.1, 0.15) is 18.8 Å². The number of rotatable bonds is 3. The molecule has 0 unspecified atom stereocenters. The van der Waals surface area contributed by atoms with Gasteiger partial charge in [-0.1, -0.05) is 15.9 Å². The van der Waals surface area contributed by atoms with Crippen LogP contribution in [0.2, 0.25) is 0 Å². The van der Waals surface area contributed by atoms with Crippen LogP contribution in [0.5, 0.6) is 0 Å². The van der Waals surface area contributed by atoms with Gasteiger partial charge in [0, 0.05) is 17.1 Å². The molecule has 2 nitrogen and oxygen atoms in total. The predicted octanol–water partition coefficient (Wildman–Crippen LogP) is 0.721. The van der Waals surface area contributed by atoms with Crippen molar-refractivity contribution in [1.29, 1.82) is 0 Å². The molecule has 0 bridgehead atoms. The predicted molar refractivity (Wildman–Crippen MR) is 35.1 cm³/mol. The topological polar surface area (TPSA) is 37.3 Å². The zero-order valence-electron chi connectivity index (χ0n) is 8.31. The number of halogens is 1. The van der Waals surface area contributed by atoms with Gasteiger partial charge in [-0.25, -0.2) is 0 Å². The number of aliphatic hydroxyl groups excluding tert-OH is 1. The number of Topliss-reactive ketones (excluding diaryl/α,β-unsaturated/α-hetero) is 1. The van der Waals surface area contributed by atoms with Crippen LogP contribution in [0.4, 0.5) is 0 Å². The monoisotopic (exact) mass is 184 g/mol. The fraction of sp³-hybridized carbons (Fsp3) is 0.800. The minimum absolute atomic E-state index is 0.904. The summed E-state index contributed by atoms with van der Waals surface area (Å²) in [5.41, 5.74) is 0. The van der Waals surface area contributed by atoms with Gasteiger partial charge in [-0.3, -0.25) is 4.79 Å². The maximum Gasteiger partial charge on any atom is 0.132 e. The molecule has 0 saturated heterocycles. The van der Waals surface area contributed by atoms with E-state index in [2.05, 4.69) is 15.9 Å². The van der Waals surface area contributed by atoms with Gasteiger partial charge in [0.05, 0.1) is 6.10 Å². The standard InChI is InChI=1S/C5H9BrO2/c1-4(7)2-5(8)3-6/h5,8H,2-3H2,1H3/t5-/m0/s1/i2D2,3D2. The number of carbonyl (C=O) groups is 1. The first-order valence-electron chi connectivity index (χ1n) is 3.98. The zero-order chi connectivity index (χ0) is 10.2. The first kappa shape index (κ1) is 3.32. The highest BCUT2D eigenvalue weighted by Gasteiger charge is 2.02. The van der Waals surface area contributed by atoms with Crippen LogP contribution >= 0.6 is 15.9 Å². The summed E-state index contributed by atoms with van der Waals surface area (Å²) in [6.45, 7) is 0.960. The van der Waals surface area contributed by atoms with E-state index < -0.39 is 23.5 Å². The summed E-state index contributed by atoms with van der Waals surface area (Å²) in [5, 5.41) is 6.76. The highest BCUT2D eigenvalue weighted by molar-refractivity contribution is 9.09. The molecule has 0 amide bonds. The van der Waals surface area contributed by atoms with Crippen molar-refractivity contribution in [3.63, 3.8) is 0 Å². The second-order valence-electron chi connectivity index (χ2n) is 1.21. The van der Waals surface area contributed by atoms with Gasteiger partial charge in [0.15, 0.2) is 0 Å². The Morgan fingerprint density at radius 1 is 2.12 bits per heavy atom. The van der Waals surface area contributed by atoms with Crippen molar-refractivity contribution in [1.82, 2.24) is 0 Å².